The summed E-state index contributed by atoms with van der Waals surface area (Å²) in [6, 6.07) is 9.42. The third-order valence-corrected chi connectivity index (χ3v) is 4.81. The number of halogens is 1. The van der Waals surface area contributed by atoms with Crippen LogP contribution in [-0.4, -0.2) is 54.6 Å². The summed E-state index contributed by atoms with van der Waals surface area (Å²) in [5.41, 5.74) is 6.29. The summed E-state index contributed by atoms with van der Waals surface area (Å²) < 4.78 is 5.63. The molecule has 2 heterocycles. The lowest BCUT2D eigenvalue weighted by Gasteiger charge is -2.33. The van der Waals surface area contributed by atoms with Crippen LogP contribution >= 0.6 is 12.4 Å². The van der Waals surface area contributed by atoms with Crippen molar-refractivity contribution >= 4 is 24.2 Å². The molecule has 3 N–H and O–H groups in total. The first kappa shape index (κ1) is 19.7. The number of nitrogens with two attached hydrogens (primary N) is 1. The van der Waals surface area contributed by atoms with Crippen LogP contribution in [0.4, 0.5) is 0 Å². The molecule has 25 heavy (non-hydrogen) atoms. The highest BCUT2D eigenvalue weighted by molar-refractivity contribution is 5.94. The van der Waals surface area contributed by atoms with Crippen LogP contribution in [-0.2, 0) is 9.53 Å². The highest BCUT2D eigenvalue weighted by Crippen LogP contribution is 2.20. The van der Waals surface area contributed by atoms with E-state index in [0.717, 1.165) is 25.7 Å². The van der Waals surface area contributed by atoms with Crippen LogP contribution in [0.3, 0.4) is 0 Å². The fraction of sp³-hybridized carbons (Fsp3) is 0.556. The summed E-state index contributed by atoms with van der Waals surface area (Å²) in [6.45, 7) is 1.79. The van der Waals surface area contributed by atoms with Gasteiger partial charge in [0.25, 0.3) is 5.91 Å². The Hall–Kier alpha value is -1.63. The van der Waals surface area contributed by atoms with Gasteiger partial charge in [-0.15, -0.1) is 12.4 Å². The van der Waals surface area contributed by atoms with Gasteiger partial charge in [0.2, 0.25) is 5.91 Å². The first-order valence-electron chi connectivity index (χ1n) is 8.67. The lowest BCUT2D eigenvalue weighted by Crippen LogP contribution is -2.48. The van der Waals surface area contributed by atoms with E-state index in [9.17, 15) is 9.59 Å². The van der Waals surface area contributed by atoms with Crippen molar-refractivity contribution in [3.63, 3.8) is 0 Å². The Morgan fingerprint density at radius 2 is 1.80 bits per heavy atom. The number of benzene rings is 1. The molecule has 2 aliphatic heterocycles. The molecule has 6 nitrogen and oxygen atoms in total. The molecule has 1 aromatic rings. The first-order valence-corrected chi connectivity index (χ1v) is 8.67. The van der Waals surface area contributed by atoms with E-state index in [1.165, 1.54) is 0 Å². The Morgan fingerprint density at radius 1 is 1.12 bits per heavy atom. The van der Waals surface area contributed by atoms with Crippen LogP contribution < -0.4 is 11.1 Å². The number of nitrogens with zero attached hydrogens (tertiary/aromatic N) is 1. The molecule has 0 unspecified atom stereocenters. The predicted molar refractivity (Wildman–Crippen MR) is 97.7 cm³/mol. The molecule has 2 aliphatic rings. The Morgan fingerprint density at radius 3 is 2.40 bits per heavy atom. The minimum Gasteiger partial charge on any atom is -0.364 e. The van der Waals surface area contributed by atoms with Crippen LogP contribution in [0.1, 0.15) is 36.0 Å². The smallest absolute Gasteiger partial charge is 0.253 e. The van der Waals surface area contributed by atoms with E-state index in [1.807, 2.05) is 35.2 Å². The molecule has 0 bridgehead atoms. The molecule has 2 atom stereocenters. The zero-order valence-electron chi connectivity index (χ0n) is 14.2. The van der Waals surface area contributed by atoms with Gasteiger partial charge in [-0.3, -0.25) is 9.59 Å². The average Bonchev–Trinajstić information content (AvgIpc) is 3.12. The second kappa shape index (κ2) is 9.17. The van der Waals surface area contributed by atoms with Crippen molar-refractivity contribution < 1.29 is 14.3 Å². The number of nitrogens with one attached hydrogen (secondary N) is 1. The molecular weight excluding hydrogens is 342 g/mol. The number of rotatable bonds is 4. The second-order valence-corrected chi connectivity index (χ2v) is 6.50. The third kappa shape index (κ3) is 4.93. The minimum absolute atomic E-state index is 0. The van der Waals surface area contributed by atoms with Crippen molar-refractivity contribution in [1.82, 2.24) is 10.2 Å². The number of likely N-dealkylation sites (tertiary alicyclic amines) is 1. The van der Waals surface area contributed by atoms with E-state index in [2.05, 4.69) is 5.32 Å². The SMILES string of the molecule is Cl.NC[C@H]1CC[C@@H](C(=O)NC2CCN(C(=O)c3ccccc3)CC2)O1. The van der Waals surface area contributed by atoms with Gasteiger partial charge in [-0.05, 0) is 37.8 Å². The van der Waals surface area contributed by atoms with Gasteiger partial charge in [0.1, 0.15) is 6.10 Å². The zero-order valence-corrected chi connectivity index (χ0v) is 15.0. The van der Waals surface area contributed by atoms with Crippen LogP contribution in [0.5, 0.6) is 0 Å². The average molecular weight is 368 g/mol. The molecule has 2 amide bonds. The molecule has 3 rings (SSSR count). The molecule has 138 valence electrons. The molecule has 7 heteroatoms. The monoisotopic (exact) mass is 367 g/mol. The van der Waals surface area contributed by atoms with E-state index in [1.54, 1.807) is 0 Å². The maximum atomic E-state index is 12.4. The van der Waals surface area contributed by atoms with Crippen LogP contribution in [0.2, 0.25) is 0 Å². The van der Waals surface area contributed by atoms with Crippen LogP contribution in [0.25, 0.3) is 0 Å². The van der Waals surface area contributed by atoms with E-state index in [4.69, 9.17) is 10.5 Å². The topological polar surface area (TPSA) is 84.7 Å². The quantitative estimate of drug-likeness (QED) is 0.841. The zero-order chi connectivity index (χ0) is 16.9. The van der Waals surface area contributed by atoms with Crippen molar-refractivity contribution in [2.75, 3.05) is 19.6 Å². The lowest BCUT2D eigenvalue weighted by molar-refractivity contribution is -0.132. The fourth-order valence-electron chi connectivity index (χ4n) is 3.36. The van der Waals surface area contributed by atoms with Crippen molar-refractivity contribution in [3.05, 3.63) is 35.9 Å². The summed E-state index contributed by atoms with van der Waals surface area (Å²) in [5.74, 6) is 0.0177. The summed E-state index contributed by atoms with van der Waals surface area (Å²) in [7, 11) is 0. The van der Waals surface area contributed by atoms with Gasteiger partial charge < -0.3 is 20.7 Å². The third-order valence-electron chi connectivity index (χ3n) is 4.81. The Kier molecular flexibility index (Phi) is 7.23. The predicted octanol–water partition coefficient (Wildman–Crippen LogP) is 1.34. The lowest BCUT2D eigenvalue weighted by atomic mass is 10.0. The molecule has 0 radical (unpaired) electrons. The molecule has 1 aromatic carbocycles. The van der Waals surface area contributed by atoms with Gasteiger partial charge in [-0.1, -0.05) is 18.2 Å². The van der Waals surface area contributed by atoms with Crippen molar-refractivity contribution in [3.8, 4) is 0 Å². The molecular formula is C18H26ClN3O3. The van der Waals surface area contributed by atoms with Crippen LogP contribution in [0, 0.1) is 0 Å². The number of carbonyl (C=O) groups excluding carboxylic acids is 2. The van der Waals surface area contributed by atoms with E-state index in [-0.39, 0.29) is 42.5 Å². The number of carbonyl (C=O) groups is 2. The number of ether oxygens (including phenoxy) is 1. The van der Waals surface area contributed by atoms with Gasteiger partial charge in [0, 0.05) is 31.2 Å². The number of hydrogen-bond donors (Lipinski definition) is 2. The van der Waals surface area contributed by atoms with Gasteiger partial charge in [-0.25, -0.2) is 0 Å². The highest BCUT2D eigenvalue weighted by Gasteiger charge is 2.32. The summed E-state index contributed by atoms with van der Waals surface area (Å²) in [5, 5.41) is 3.06. The summed E-state index contributed by atoms with van der Waals surface area (Å²) in [4.78, 5) is 26.5. The molecule has 0 saturated carbocycles. The van der Waals surface area contributed by atoms with E-state index in [0.29, 0.717) is 25.2 Å². The molecule has 2 fully saturated rings. The normalized spacial score (nSPS) is 23.8. The maximum absolute atomic E-state index is 12.4. The van der Waals surface area contributed by atoms with Crippen molar-refractivity contribution in [2.24, 2.45) is 5.73 Å². The minimum atomic E-state index is -0.373. The van der Waals surface area contributed by atoms with Gasteiger partial charge in [0.15, 0.2) is 0 Å². The Labute approximate surface area is 154 Å². The van der Waals surface area contributed by atoms with Crippen LogP contribution in [0.15, 0.2) is 30.3 Å². The summed E-state index contributed by atoms with van der Waals surface area (Å²) in [6.07, 6.45) is 2.76. The maximum Gasteiger partial charge on any atom is 0.253 e. The molecule has 0 spiro atoms. The molecule has 0 aromatic heterocycles. The first-order chi connectivity index (χ1) is 11.7. The highest BCUT2D eigenvalue weighted by atomic mass is 35.5. The second-order valence-electron chi connectivity index (χ2n) is 6.50. The largest absolute Gasteiger partial charge is 0.364 e. The standard InChI is InChI=1S/C18H25N3O3.ClH/c19-12-15-6-7-16(24-15)17(22)20-14-8-10-21(11-9-14)18(23)13-4-2-1-3-5-13;/h1-5,14-16H,6-12,19H2,(H,20,22);1H/t15-,16+;/m1./s1. The van der Waals surface area contributed by atoms with Gasteiger partial charge in [-0.2, -0.15) is 0 Å². The number of hydrogen-bond acceptors (Lipinski definition) is 4. The Bertz CT molecular complexity index is 576. The van der Waals surface area contributed by atoms with E-state index >= 15 is 0 Å². The van der Waals surface area contributed by atoms with Crippen molar-refractivity contribution in [2.45, 2.75) is 43.9 Å². The van der Waals surface area contributed by atoms with Gasteiger partial charge in [0.05, 0.1) is 6.10 Å². The number of piperidine rings is 1. The molecule has 0 aliphatic carbocycles. The fourth-order valence-corrected chi connectivity index (χ4v) is 3.36. The Balaban J connectivity index is 0.00000225. The number of amides is 2. The van der Waals surface area contributed by atoms with Crippen molar-refractivity contribution in [1.29, 1.82) is 0 Å². The van der Waals surface area contributed by atoms with E-state index < -0.39 is 0 Å². The van der Waals surface area contributed by atoms with Gasteiger partial charge >= 0.3 is 0 Å². The summed E-state index contributed by atoms with van der Waals surface area (Å²) >= 11 is 0. The molecule has 2 saturated heterocycles.